The number of hydrogen-bond donors (Lipinski definition) is 4. The average molecular weight is 270 g/mol. The van der Waals surface area contributed by atoms with Gasteiger partial charge in [-0.3, -0.25) is 4.79 Å². The molecule has 0 spiro atoms. The highest BCUT2D eigenvalue weighted by atomic mass is 32.1. The van der Waals surface area contributed by atoms with Crippen LogP contribution < -0.4 is 0 Å². The summed E-state index contributed by atoms with van der Waals surface area (Å²) in [7, 11) is 0. The minimum atomic E-state index is -2.24. The van der Waals surface area contributed by atoms with Crippen molar-refractivity contribution >= 4 is 24.4 Å². The first kappa shape index (κ1) is 14.5. The van der Waals surface area contributed by atoms with Gasteiger partial charge in [-0.05, 0) is 18.7 Å². The number of hydrogen-bond acceptors (Lipinski definition) is 5. The van der Waals surface area contributed by atoms with Gasteiger partial charge in [-0.15, -0.1) is 0 Å². The van der Waals surface area contributed by atoms with E-state index in [-0.39, 0.29) is 29.1 Å². The van der Waals surface area contributed by atoms with Crippen molar-refractivity contribution in [2.75, 3.05) is 5.75 Å². The lowest BCUT2D eigenvalue weighted by atomic mass is 9.88. The third-order valence-electron chi connectivity index (χ3n) is 2.60. The second-order valence-electron chi connectivity index (χ2n) is 3.97. The molecule has 0 radical (unpaired) electrons. The van der Waals surface area contributed by atoms with Crippen LogP contribution in [0.1, 0.15) is 29.3 Å². The molecule has 3 N–H and O–H groups in total. The Morgan fingerprint density at radius 2 is 2.00 bits per heavy atom. The molecule has 1 aromatic rings. The van der Waals surface area contributed by atoms with E-state index in [4.69, 9.17) is 5.11 Å². The minimum Gasteiger partial charge on any atom is -0.507 e. The van der Waals surface area contributed by atoms with E-state index < -0.39 is 17.4 Å². The van der Waals surface area contributed by atoms with Crippen LogP contribution in [-0.2, 0) is 10.4 Å². The molecule has 98 valence electrons. The van der Waals surface area contributed by atoms with Crippen molar-refractivity contribution < 1.29 is 24.9 Å². The zero-order valence-electron chi connectivity index (χ0n) is 9.75. The van der Waals surface area contributed by atoms with Gasteiger partial charge in [0.1, 0.15) is 5.75 Å². The Morgan fingerprint density at radius 3 is 2.50 bits per heavy atom. The quantitative estimate of drug-likeness (QED) is 0.476. The topological polar surface area (TPSA) is 94.8 Å². The average Bonchev–Trinajstić information content (AvgIpc) is 2.28. The van der Waals surface area contributed by atoms with Crippen LogP contribution in [0.5, 0.6) is 5.75 Å². The van der Waals surface area contributed by atoms with Gasteiger partial charge in [-0.25, -0.2) is 4.79 Å². The second kappa shape index (κ2) is 5.41. The molecule has 1 atom stereocenters. The summed E-state index contributed by atoms with van der Waals surface area (Å²) in [4.78, 5) is 22.9. The number of aliphatic carboxylic acids is 1. The molecule has 0 aliphatic heterocycles. The highest BCUT2D eigenvalue weighted by Gasteiger charge is 2.36. The number of carboxylic acids is 1. The number of thiol groups is 1. The fourth-order valence-electron chi connectivity index (χ4n) is 1.58. The zero-order chi connectivity index (χ0) is 13.9. The minimum absolute atomic E-state index is 0.0450. The normalized spacial score (nSPS) is 13.9. The molecule has 0 saturated heterocycles. The second-order valence-corrected chi connectivity index (χ2v) is 4.42. The lowest BCUT2D eigenvalue weighted by molar-refractivity contribution is -0.157. The number of carboxylic acid groups (broad SMARTS) is 1. The van der Waals surface area contributed by atoms with Gasteiger partial charge in [0, 0.05) is 12.0 Å². The number of ketones is 1. The molecule has 0 fully saturated rings. The number of aromatic hydroxyl groups is 1. The standard InChI is InChI=1S/C12H14O5S/c1-12(17,11(15)16)7-3-2-4-8(13)10(7)9(14)5-6-18/h2-4,13,17-18H,5-6H2,1H3,(H,15,16). The molecule has 1 unspecified atom stereocenters. The molecule has 0 aromatic heterocycles. The summed E-state index contributed by atoms with van der Waals surface area (Å²) in [6.07, 6.45) is 0.0450. The Labute approximate surface area is 109 Å². The molecule has 0 aliphatic rings. The molecule has 0 aliphatic carbocycles. The van der Waals surface area contributed by atoms with E-state index in [2.05, 4.69) is 12.6 Å². The van der Waals surface area contributed by atoms with Crippen molar-refractivity contribution in [3.05, 3.63) is 29.3 Å². The highest BCUT2D eigenvalue weighted by Crippen LogP contribution is 2.31. The van der Waals surface area contributed by atoms with Gasteiger partial charge < -0.3 is 15.3 Å². The smallest absolute Gasteiger partial charge is 0.340 e. The number of phenolic OH excluding ortho intramolecular Hbond substituents is 1. The Kier molecular flexibility index (Phi) is 4.37. The van der Waals surface area contributed by atoms with Crippen molar-refractivity contribution in [3.8, 4) is 5.75 Å². The summed E-state index contributed by atoms with van der Waals surface area (Å²) in [6, 6.07) is 3.95. The van der Waals surface area contributed by atoms with Crippen molar-refractivity contribution in [1.82, 2.24) is 0 Å². The van der Waals surface area contributed by atoms with Crippen molar-refractivity contribution in [2.24, 2.45) is 0 Å². The maximum absolute atomic E-state index is 11.8. The molecular formula is C12H14O5S. The van der Waals surface area contributed by atoms with E-state index in [9.17, 15) is 19.8 Å². The molecule has 1 rings (SSSR count). The van der Waals surface area contributed by atoms with E-state index in [1.165, 1.54) is 18.2 Å². The first-order valence-corrected chi connectivity index (χ1v) is 5.88. The summed E-state index contributed by atoms with van der Waals surface area (Å²) in [6.45, 7) is 1.06. The molecule has 6 heteroatoms. The van der Waals surface area contributed by atoms with Crippen LogP contribution in [-0.4, -0.2) is 32.8 Å². The van der Waals surface area contributed by atoms with Crippen molar-refractivity contribution in [1.29, 1.82) is 0 Å². The predicted octanol–water partition coefficient (Wildman–Crippen LogP) is 1.19. The fraction of sp³-hybridized carbons (Fsp3) is 0.333. The Balaban J connectivity index is 3.41. The van der Waals surface area contributed by atoms with Crippen LogP contribution in [0.3, 0.4) is 0 Å². The summed E-state index contributed by atoms with van der Waals surface area (Å²) in [5.74, 6) is -2.03. The van der Waals surface area contributed by atoms with Crippen molar-refractivity contribution in [2.45, 2.75) is 18.9 Å². The van der Waals surface area contributed by atoms with Crippen LogP contribution >= 0.6 is 12.6 Å². The van der Waals surface area contributed by atoms with Gasteiger partial charge in [-0.1, -0.05) is 12.1 Å². The number of carbonyl (C=O) groups excluding carboxylic acids is 1. The molecule has 1 aromatic carbocycles. The molecule has 0 heterocycles. The Hall–Kier alpha value is -1.53. The highest BCUT2D eigenvalue weighted by molar-refractivity contribution is 7.80. The van der Waals surface area contributed by atoms with Crippen LogP contribution in [0.4, 0.5) is 0 Å². The van der Waals surface area contributed by atoms with Gasteiger partial charge in [0.05, 0.1) is 5.56 Å². The number of Topliss-reactive ketones (excluding diaryl/α,β-unsaturated/α-hetero) is 1. The molecule has 0 saturated carbocycles. The number of rotatable bonds is 5. The molecular weight excluding hydrogens is 256 g/mol. The van der Waals surface area contributed by atoms with E-state index in [1.54, 1.807) is 0 Å². The summed E-state index contributed by atoms with van der Waals surface area (Å²) >= 11 is 3.91. The number of aliphatic hydroxyl groups is 1. The van der Waals surface area contributed by atoms with E-state index in [0.29, 0.717) is 0 Å². The number of phenols is 1. The predicted molar refractivity (Wildman–Crippen MR) is 68.1 cm³/mol. The largest absolute Gasteiger partial charge is 0.507 e. The Morgan fingerprint density at radius 1 is 1.39 bits per heavy atom. The molecule has 18 heavy (non-hydrogen) atoms. The molecule has 0 amide bonds. The maximum atomic E-state index is 11.8. The monoisotopic (exact) mass is 270 g/mol. The van der Waals surface area contributed by atoms with Gasteiger partial charge >= 0.3 is 5.97 Å². The third-order valence-corrected chi connectivity index (χ3v) is 2.82. The van der Waals surface area contributed by atoms with Gasteiger partial charge in [0.2, 0.25) is 0 Å². The summed E-state index contributed by atoms with van der Waals surface area (Å²) in [5, 5.41) is 28.6. The first-order chi connectivity index (χ1) is 8.32. The Bertz CT molecular complexity index is 481. The summed E-state index contributed by atoms with van der Waals surface area (Å²) < 4.78 is 0. The maximum Gasteiger partial charge on any atom is 0.340 e. The van der Waals surface area contributed by atoms with Crippen LogP contribution in [0.2, 0.25) is 0 Å². The van der Waals surface area contributed by atoms with E-state index in [0.717, 1.165) is 6.92 Å². The van der Waals surface area contributed by atoms with Gasteiger partial charge in [-0.2, -0.15) is 12.6 Å². The molecule has 0 bridgehead atoms. The lowest BCUT2D eigenvalue weighted by Gasteiger charge is -2.21. The number of carbonyl (C=O) groups is 2. The SMILES string of the molecule is CC(O)(C(=O)O)c1cccc(O)c1C(=O)CCS. The van der Waals surface area contributed by atoms with Crippen LogP contribution in [0, 0.1) is 0 Å². The fourth-order valence-corrected chi connectivity index (χ4v) is 1.78. The third kappa shape index (κ3) is 2.65. The summed E-state index contributed by atoms with van der Waals surface area (Å²) in [5.41, 5.74) is -2.53. The number of benzene rings is 1. The lowest BCUT2D eigenvalue weighted by Crippen LogP contribution is -2.33. The van der Waals surface area contributed by atoms with Gasteiger partial charge in [0.25, 0.3) is 0 Å². The van der Waals surface area contributed by atoms with E-state index in [1.807, 2.05) is 0 Å². The van der Waals surface area contributed by atoms with Crippen LogP contribution in [0.25, 0.3) is 0 Å². The zero-order valence-corrected chi connectivity index (χ0v) is 10.6. The van der Waals surface area contributed by atoms with Gasteiger partial charge in [0.15, 0.2) is 11.4 Å². The first-order valence-electron chi connectivity index (χ1n) is 5.24. The van der Waals surface area contributed by atoms with Crippen LogP contribution in [0.15, 0.2) is 18.2 Å². The van der Waals surface area contributed by atoms with E-state index >= 15 is 0 Å². The molecule has 5 nitrogen and oxygen atoms in total. The van der Waals surface area contributed by atoms with Crippen molar-refractivity contribution in [3.63, 3.8) is 0 Å².